The molecule has 8 nitrogen and oxygen atoms in total. The Hall–Kier alpha value is -3.11. The summed E-state index contributed by atoms with van der Waals surface area (Å²) in [6.07, 6.45) is 6.20. The van der Waals surface area contributed by atoms with E-state index in [0.29, 0.717) is 53.0 Å². The van der Waals surface area contributed by atoms with Crippen molar-refractivity contribution in [2.24, 2.45) is 5.92 Å². The average Bonchev–Trinajstić information content (AvgIpc) is 3.21. The van der Waals surface area contributed by atoms with Crippen LogP contribution in [0.5, 0.6) is 0 Å². The number of fused-ring (bicyclic) bond motifs is 2. The fourth-order valence-electron chi connectivity index (χ4n) is 4.28. The number of nitrogens with one attached hydrogen (secondary N) is 2. The normalized spacial score (nSPS) is 22.7. The van der Waals surface area contributed by atoms with Gasteiger partial charge in [0, 0.05) is 35.2 Å². The number of amides is 1. The molecule has 4 heterocycles. The van der Waals surface area contributed by atoms with Crippen LogP contribution in [0, 0.1) is 11.7 Å². The molecule has 3 aromatic heterocycles. The molecular weight excluding hydrogens is 442 g/mol. The first-order chi connectivity index (χ1) is 15.5. The van der Waals surface area contributed by atoms with Crippen molar-refractivity contribution in [1.82, 2.24) is 24.6 Å². The van der Waals surface area contributed by atoms with Crippen LogP contribution < -0.4 is 5.32 Å². The highest BCUT2D eigenvalue weighted by Gasteiger charge is 2.43. The molecule has 0 spiro atoms. The van der Waals surface area contributed by atoms with Gasteiger partial charge >= 0.3 is 0 Å². The van der Waals surface area contributed by atoms with E-state index in [1.54, 1.807) is 23.0 Å². The van der Waals surface area contributed by atoms with Crippen LogP contribution in [0.15, 0.2) is 24.8 Å². The van der Waals surface area contributed by atoms with E-state index >= 15 is 4.39 Å². The summed E-state index contributed by atoms with van der Waals surface area (Å²) in [5, 5.41) is 10.2. The van der Waals surface area contributed by atoms with Crippen molar-refractivity contribution in [3.63, 3.8) is 0 Å². The number of alkyl halides is 1. The molecule has 1 aliphatic heterocycles. The molecule has 2 aliphatic rings. The Morgan fingerprint density at radius 3 is 2.94 bits per heavy atom. The number of imidazole rings is 1. The maximum Gasteiger partial charge on any atom is 0.231 e. The summed E-state index contributed by atoms with van der Waals surface area (Å²) in [5.41, 5.74) is 2.35. The van der Waals surface area contributed by atoms with Crippen LogP contribution >= 0.6 is 11.6 Å². The number of benzene rings is 1. The molecule has 0 radical (unpaired) electrons. The molecular formula is C21H17ClF2N6O2. The average molecular weight is 459 g/mol. The number of rotatable bonds is 4. The van der Waals surface area contributed by atoms with Gasteiger partial charge in [-0.3, -0.25) is 14.9 Å². The number of carbonyl (C=O) groups is 1. The van der Waals surface area contributed by atoms with E-state index in [-0.39, 0.29) is 23.2 Å². The van der Waals surface area contributed by atoms with Gasteiger partial charge < -0.3 is 14.5 Å². The number of halogens is 3. The van der Waals surface area contributed by atoms with Crippen LogP contribution in [0.2, 0.25) is 5.02 Å². The molecule has 2 N–H and O–H groups in total. The van der Waals surface area contributed by atoms with Crippen LogP contribution in [-0.2, 0) is 9.53 Å². The third-order valence-electron chi connectivity index (χ3n) is 6.06. The highest BCUT2D eigenvalue weighted by atomic mass is 35.5. The van der Waals surface area contributed by atoms with Gasteiger partial charge in [-0.05, 0) is 12.8 Å². The minimum absolute atomic E-state index is 0.0380. The Bertz CT molecular complexity index is 1380. The van der Waals surface area contributed by atoms with E-state index in [9.17, 15) is 9.18 Å². The number of H-pyrrole nitrogens is 1. The largest absolute Gasteiger partial charge is 0.381 e. The molecule has 1 saturated carbocycles. The minimum atomic E-state index is -1.09. The number of nitrogens with zero attached hydrogens (tertiary/aromatic N) is 4. The first-order valence-electron chi connectivity index (χ1n) is 10.2. The van der Waals surface area contributed by atoms with Crippen LogP contribution in [0.1, 0.15) is 24.3 Å². The highest BCUT2D eigenvalue weighted by molar-refractivity contribution is 6.35. The van der Waals surface area contributed by atoms with Crippen LogP contribution in [0.4, 0.5) is 14.6 Å². The van der Waals surface area contributed by atoms with E-state index in [2.05, 4.69) is 25.5 Å². The van der Waals surface area contributed by atoms with E-state index in [1.165, 1.54) is 6.20 Å². The van der Waals surface area contributed by atoms with Crippen molar-refractivity contribution in [3.05, 3.63) is 41.2 Å². The quantitative estimate of drug-likeness (QED) is 0.484. The van der Waals surface area contributed by atoms with Crippen LogP contribution in [-0.4, -0.2) is 49.9 Å². The Morgan fingerprint density at radius 1 is 1.34 bits per heavy atom. The zero-order valence-electron chi connectivity index (χ0n) is 16.6. The Labute approximate surface area is 184 Å². The van der Waals surface area contributed by atoms with Gasteiger partial charge in [-0.1, -0.05) is 11.6 Å². The second-order valence-corrected chi connectivity index (χ2v) is 8.53. The lowest BCUT2D eigenvalue weighted by Crippen LogP contribution is -2.15. The van der Waals surface area contributed by atoms with Crippen LogP contribution in [0.25, 0.3) is 27.8 Å². The fourth-order valence-corrected chi connectivity index (χ4v) is 4.58. The zero-order valence-corrected chi connectivity index (χ0v) is 17.4. The van der Waals surface area contributed by atoms with Gasteiger partial charge in [0.25, 0.3) is 0 Å². The third-order valence-corrected chi connectivity index (χ3v) is 6.42. The van der Waals surface area contributed by atoms with Crippen molar-refractivity contribution in [1.29, 1.82) is 0 Å². The highest BCUT2D eigenvalue weighted by Crippen LogP contribution is 2.42. The number of aromatic amines is 1. The van der Waals surface area contributed by atoms with Crippen molar-refractivity contribution in [2.75, 3.05) is 18.5 Å². The Morgan fingerprint density at radius 2 is 2.19 bits per heavy atom. The number of hydrogen-bond donors (Lipinski definition) is 2. The number of aromatic nitrogens is 5. The summed E-state index contributed by atoms with van der Waals surface area (Å²) in [7, 11) is 0. The monoisotopic (exact) mass is 458 g/mol. The molecule has 3 atom stereocenters. The van der Waals surface area contributed by atoms with E-state index < -0.39 is 23.8 Å². The summed E-state index contributed by atoms with van der Waals surface area (Å²) in [5.74, 6) is -1.34. The topological polar surface area (TPSA) is 97.2 Å². The van der Waals surface area contributed by atoms with Crippen LogP contribution in [0.3, 0.4) is 0 Å². The second kappa shape index (κ2) is 7.21. The molecule has 4 aromatic rings. The van der Waals surface area contributed by atoms with Gasteiger partial charge in [-0.2, -0.15) is 5.10 Å². The SMILES string of the molecule is O=C(Nc1cn2cc(-c3c(Cl)c(F)c(C4CCOC4)c4[nH]ncc34)ncc2n1)[C@@H]1C[C@@H]1F. The molecule has 0 bridgehead atoms. The fraction of sp³-hybridized carbons (Fsp3) is 0.333. The van der Waals surface area contributed by atoms with Gasteiger partial charge in [0.15, 0.2) is 11.5 Å². The number of carbonyl (C=O) groups excluding carboxylic acids is 1. The molecule has 11 heteroatoms. The minimum Gasteiger partial charge on any atom is -0.381 e. The number of anilines is 1. The first kappa shape index (κ1) is 19.6. The van der Waals surface area contributed by atoms with Gasteiger partial charge in [-0.25, -0.2) is 13.8 Å². The lowest BCUT2D eigenvalue weighted by atomic mass is 9.93. The molecule has 1 saturated heterocycles. The number of hydrogen-bond acceptors (Lipinski definition) is 5. The Kier molecular flexibility index (Phi) is 4.41. The van der Waals surface area contributed by atoms with Gasteiger partial charge in [-0.15, -0.1) is 0 Å². The molecule has 1 aromatic carbocycles. The van der Waals surface area contributed by atoms with E-state index in [0.717, 1.165) is 0 Å². The molecule has 1 amide bonds. The maximum absolute atomic E-state index is 15.4. The number of ether oxygens (including phenoxy) is 1. The maximum atomic E-state index is 15.4. The zero-order chi connectivity index (χ0) is 22.0. The predicted molar refractivity (Wildman–Crippen MR) is 113 cm³/mol. The molecule has 6 rings (SSSR count). The third kappa shape index (κ3) is 3.05. The molecule has 1 aliphatic carbocycles. The van der Waals surface area contributed by atoms with Gasteiger partial charge in [0.1, 0.15) is 12.0 Å². The van der Waals surface area contributed by atoms with E-state index in [1.807, 2.05) is 0 Å². The summed E-state index contributed by atoms with van der Waals surface area (Å²) < 4.78 is 35.6. The van der Waals surface area contributed by atoms with Gasteiger partial charge in [0.2, 0.25) is 5.91 Å². The molecule has 1 unspecified atom stereocenters. The Balaban J connectivity index is 1.42. The molecule has 32 heavy (non-hydrogen) atoms. The smallest absolute Gasteiger partial charge is 0.231 e. The standard InChI is InChI=1S/C21H17ClF2N6O2/c22-18-17(11-4-26-29-20(11)16(19(18)24)9-1-2-32-8-9)13-6-30-7-14(27-15(30)5-25-13)28-21(31)10-3-12(10)23/h4-7,9-10,12H,1-3,8H2,(H,26,29)(H,28,31)/t9?,10-,12+/m1/s1. The lowest BCUT2D eigenvalue weighted by Gasteiger charge is -2.15. The summed E-state index contributed by atoms with van der Waals surface area (Å²) in [6.45, 7) is 1.00. The van der Waals surface area contributed by atoms with Crippen molar-refractivity contribution < 1.29 is 18.3 Å². The van der Waals surface area contributed by atoms with Crippen molar-refractivity contribution in [3.8, 4) is 11.3 Å². The van der Waals surface area contributed by atoms with Crippen molar-refractivity contribution >= 4 is 39.9 Å². The van der Waals surface area contributed by atoms with E-state index in [4.69, 9.17) is 16.3 Å². The first-order valence-corrected chi connectivity index (χ1v) is 10.6. The van der Waals surface area contributed by atoms with Gasteiger partial charge in [0.05, 0.1) is 47.3 Å². The summed E-state index contributed by atoms with van der Waals surface area (Å²) in [4.78, 5) is 20.7. The second-order valence-electron chi connectivity index (χ2n) is 8.15. The lowest BCUT2D eigenvalue weighted by molar-refractivity contribution is -0.117. The molecule has 2 fully saturated rings. The van der Waals surface area contributed by atoms with Crippen molar-refractivity contribution in [2.45, 2.75) is 24.9 Å². The predicted octanol–water partition coefficient (Wildman–Crippen LogP) is 3.87. The molecule has 164 valence electrons. The summed E-state index contributed by atoms with van der Waals surface area (Å²) >= 11 is 6.51. The summed E-state index contributed by atoms with van der Waals surface area (Å²) in [6, 6.07) is 0.